The summed E-state index contributed by atoms with van der Waals surface area (Å²) in [6.45, 7) is 14.6. The predicted molar refractivity (Wildman–Crippen MR) is 136 cm³/mol. The second-order valence-corrected chi connectivity index (χ2v) is 10.9. The van der Waals surface area contributed by atoms with Crippen molar-refractivity contribution in [3.05, 3.63) is 94.0 Å². The molecule has 0 heterocycles. The number of carbonyl (C=O) groups excluding carboxylic acids is 1. The maximum Gasteiger partial charge on any atom is 0.174 e. The van der Waals surface area contributed by atoms with E-state index in [1.165, 1.54) is 0 Å². The van der Waals surface area contributed by atoms with Crippen LogP contribution in [0.5, 0.6) is 11.5 Å². The molecule has 1 atom stereocenters. The number of ketones is 1. The summed E-state index contributed by atoms with van der Waals surface area (Å²) in [5.41, 5.74) is 4.69. The minimum absolute atomic E-state index is 0.00293. The Morgan fingerprint density at radius 2 is 1.36 bits per heavy atom. The zero-order chi connectivity index (χ0) is 24.6. The van der Waals surface area contributed by atoms with Crippen molar-refractivity contribution in [2.75, 3.05) is 7.11 Å². The third kappa shape index (κ3) is 5.30. The summed E-state index contributed by atoms with van der Waals surface area (Å²) in [6, 6.07) is 19.5. The Kier molecular flexibility index (Phi) is 6.74. The van der Waals surface area contributed by atoms with Gasteiger partial charge in [0.2, 0.25) is 0 Å². The van der Waals surface area contributed by atoms with Gasteiger partial charge in [0.15, 0.2) is 5.78 Å². The van der Waals surface area contributed by atoms with Gasteiger partial charge in [-0.3, -0.25) is 4.79 Å². The molecule has 0 aromatic heterocycles. The van der Waals surface area contributed by atoms with Crippen molar-refractivity contribution in [2.45, 2.75) is 65.2 Å². The molecule has 0 saturated carbocycles. The Bertz CT molecular complexity index is 1110. The van der Waals surface area contributed by atoms with Crippen molar-refractivity contribution < 1.29 is 14.6 Å². The molecule has 0 bridgehead atoms. The largest absolute Gasteiger partial charge is 0.507 e. The first-order chi connectivity index (χ1) is 15.3. The highest BCUT2D eigenvalue weighted by Crippen LogP contribution is 2.42. The monoisotopic (exact) mass is 444 g/mol. The Morgan fingerprint density at radius 1 is 0.818 bits per heavy atom. The van der Waals surface area contributed by atoms with Crippen LogP contribution in [0.15, 0.2) is 60.7 Å². The molecule has 3 aromatic carbocycles. The van der Waals surface area contributed by atoms with E-state index in [2.05, 4.69) is 41.5 Å². The molecule has 1 N–H and O–H groups in total. The van der Waals surface area contributed by atoms with Crippen molar-refractivity contribution in [1.82, 2.24) is 0 Å². The van der Waals surface area contributed by atoms with Gasteiger partial charge in [-0.05, 0) is 52.1 Å². The number of hydrogen-bond acceptors (Lipinski definition) is 3. The van der Waals surface area contributed by atoms with Crippen molar-refractivity contribution in [1.29, 1.82) is 0 Å². The smallest absolute Gasteiger partial charge is 0.174 e. The number of aryl methyl sites for hydroxylation is 1. The van der Waals surface area contributed by atoms with Crippen molar-refractivity contribution in [2.24, 2.45) is 0 Å². The van der Waals surface area contributed by atoms with Crippen molar-refractivity contribution in [3.8, 4) is 11.5 Å². The van der Waals surface area contributed by atoms with Gasteiger partial charge in [0, 0.05) is 5.56 Å². The van der Waals surface area contributed by atoms with Gasteiger partial charge in [-0.15, -0.1) is 0 Å². The fraction of sp³-hybridized carbons (Fsp3) is 0.367. The van der Waals surface area contributed by atoms with Crippen LogP contribution in [0.4, 0.5) is 0 Å². The van der Waals surface area contributed by atoms with E-state index in [1.807, 2.05) is 61.5 Å². The number of methoxy groups -OCH3 is 1. The van der Waals surface area contributed by atoms with Gasteiger partial charge in [-0.25, -0.2) is 0 Å². The summed E-state index contributed by atoms with van der Waals surface area (Å²) in [6.07, 6.45) is 0. The first-order valence-corrected chi connectivity index (χ1v) is 11.5. The van der Waals surface area contributed by atoms with E-state index in [-0.39, 0.29) is 16.6 Å². The fourth-order valence-corrected chi connectivity index (χ4v) is 4.16. The lowest BCUT2D eigenvalue weighted by Crippen LogP contribution is -2.21. The van der Waals surface area contributed by atoms with Gasteiger partial charge in [-0.1, -0.05) is 95.6 Å². The van der Waals surface area contributed by atoms with Crippen molar-refractivity contribution in [3.63, 3.8) is 0 Å². The fourth-order valence-electron chi connectivity index (χ4n) is 4.16. The average molecular weight is 445 g/mol. The molecule has 0 aliphatic heterocycles. The van der Waals surface area contributed by atoms with Crippen LogP contribution in [0.25, 0.3) is 0 Å². The molecule has 0 spiro atoms. The third-order valence-corrected chi connectivity index (χ3v) is 6.11. The molecule has 3 aromatic rings. The second-order valence-electron chi connectivity index (χ2n) is 10.9. The average Bonchev–Trinajstić information content (AvgIpc) is 2.74. The first-order valence-electron chi connectivity index (χ1n) is 11.5. The van der Waals surface area contributed by atoms with Crippen LogP contribution in [0.1, 0.15) is 85.6 Å². The standard InChI is InChI=1S/C30H36O3/c1-19-12-14-20(15-13-19)26(27(31)21-10-9-11-23(16-21)33-8)22-17-24(29(2,3)4)28(32)25(18-22)30(5,6)7/h9-18,26,32H,1-8H3. The SMILES string of the molecule is COc1cccc(C(=O)C(c2ccc(C)cc2)c2cc(C(C)(C)C)c(O)c(C(C)(C)C)c2)c1. The number of hydrogen-bond donors (Lipinski definition) is 1. The third-order valence-electron chi connectivity index (χ3n) is 6.11. The van der Waals surface area contributed by atoms with Crippen LogP contribution in [-0.4, -0.2) is 18.0 Å². The topological polar surface area (TPSA) is 46.5 Å². The molecule has 0 fully saturated rings. The Morgan fingerprint density at radius 3 is 1.85 bits per heavy atom. The Labute approximate surface area is 198 Å². The molecule has 0 saturated heterocycles. The molecule has 0 aliphatic rings. The van der Waals surface area contributed by atoms with Gasteiger partial charge in [0.25, 0.3) is 0 Å². The lowest BCUT2D eigenvalue weighted by Gasteiger charge is -2.30. The van der Waals surface area contributed by atoms with Crippen molar-refractivity contribution >= 4 is 5.78 Å². The van der Waals surface area contributed by atoms with Gasteiger partial charge in [0.1, 0.15) is 11.5 Å². The highest BCUT2D eigenvalue weighted by atomic mass is 16.5. The number of Topliss-reactive ketones (excluding diaryl/α,β-unsaturated/α-hetero) is 1. The minimum Gasteiger partial charge on any atom is -0.507 e. The molecule has 3 nitrogen and oxygen atoms in total. The number of phenols is 1. The van der Waals surface area contributed by atoms with Crippen LogP contribution in [0.2, 0.25) is 0 Å². The van der Waals surface area contributed by atoms with E-state index in [4.69, 9.17) is 4.74 Å². The van der Waals surface area contributed by atoms with E-state index < -0.39 is 5.92 Å². The van der Waals surface area contributed by atoms with Crippen LogP contribution in [0, 0.1) is 6.92 Å². The molecule has 174 valence electrons. The van der Waals surface area contributed by atoms with E-state index >= 15 is 0 Å². The van der Waals surface area contributed by atoms with Crippen LogP contribution in [0.3, 0.4) is 0 Å². The van der Waals surface area contributed by atoms with Gasteiger partial charge in [-0.2, -0.15) is 0 Å². The molecular formula is C30H36O3. The van der Waals surface area contributed by atoms with Crippen LogP contribution < -0.4 is 4.74 Å². The molecule has 0 aliphatic carbocycles. The first kappa shape index (κ1) is 24.6. The van der Waals surface area contributed by atoms with Gasteiger partial charge >= 0.3 is 0 Å². The summed E-state index contributed by atoms with van der Waals surface area (Å²) >= 11 is 0. The number of rotatable bonds is 5. The van der Waals surface area contributed by atoms with Gasteiger partial charge in [0.05, 0.1) is 13.0 Å². The summed E-state index contributed by atoms with van der Waals surface area (Å²) in [7, 11) is 1.60. The lowest BCUT2D eigenvalue weighted by molar-refractivity contribution is 0.0973. The normalized spacial score (nSPS) is 13.0. The molecule has 0 radical (unpaired) electrons. The van der Waals surface area contributed by atoms with E-state index in [0.717, 1.165) is 27.8 Å². The van der Waals surface area contributed by atoms with E-state index in [9.17, 15) is 9.90 Å². The molecule has 0 amide bonds. The molecule has 3 rings (SSSR count). The maximum atomic E-state index is 14.0. The zero-order valence-electron chi connectivity index (χ0n) is 21.1. The quantitative estimate of drug-likeness (QED) is 0.419. The van der Waals surface area contributed by atoms with Crippen LogP contribution >= 0.6 is 0 Å². The predicted octanol–water partition coefficient (Wildman–Crippen LogP) is 7.32. The van der Waals surface area contributed by atoms with Gasteiger partial charge < -0.3 is 9.84 Å². The lowest BCUT2D eigenvalue weighted by atomic mass is 9.75. The Hall–Kier alpha value is -3.07. The maximum absolute atomic E-state index is 14.0. The summed E-state index contributed by atoms with van der Waals surface area (Å²) in [5, 5.41) is 11.2. The number of phenolic OH excluding ortho intramolecular Hbond substituents is 1. The summed E-state index contributed by atoms with van der Waals surface area (Å²) in [4.78, 5) is 14.0. The second kappa shape index (κ2) is 9.05. The zero-order valence-corrected chi connectivity index (χ0v) is 21.1. The summed E-state index contributed by atoms with van der Waals surface area (Å²) < 4.78 is 5.37. The number of ether oxygens (including phenoxy) is 1. The van der Waals surface area contributed by atoms with E-state index in [0.29, 0.717) is 17.1 Å². The number of benzene rings is 3. The molecule has 33 heavy (non-hydrogen) atoms. The molecular weight excluding hydrogens is 408 g/mol. The summed E-state index contributed by atoms with van der Waals surface area (Å²) in [5.74, 6) is 0.471. The minimum atomic E-state index is -0.500. The number of aromatic hydroxyl groups is 1. The highest BCUT2D eigenvalue weighted by molar-refractivity contribution is 6.03. The molecule has 3 heteroatoms. The van der Waals surface area contributed by atoms with Crippen LogP contribution in [-0.2, 0) is 10.8 Å². The number of carbonyl (C=O) groups is 1. The highest BCUT2D eigenvalue weighted by Gasteiger charge is 2.31. The Balaban J connectivity index is 2.30. The van der Waals surface area contributed by atoms with E-state index in [1.54, 1.807) is 13.2 Å². The molecule has 1 unspecified atom stereocenters.